The molecule has 1 aliphatic heterocycles. The molecule has 0 saturated heterocycles. The van der Waals surface area contributed by atoms with Crippen LogP contribution in [-0.4, -0.2) is 17.4 Å². The number of anilines is 1. The molecule has 6 heteroatoms. The number of amides is 1. The van der Waals surface area contributed by atoms with E-state index >= 15 is 0 Å². The molecular weight excluding hydrogens is 272 g/mol. The lowest BCUT2D eigenvalue weighted by Crippen LogP contribution is -2.31. The molecular formula is C15H14N2O4. The molecule has 2 aromatic rings. The number of hydrogen-bond donors (Lipinski definition) is 0. The Labute approximate surface area is 121 Å². The Morgan fingerprint density at radius 3 is 2.67 bits per heavy atom. The lowest BCUT2D eigenvalue weighted by atomic mass is 10.1. The summed E-state index contributed by atoms with van der Waals surface area (Å²) >= 11 is 0. The first-order chi connectivity index (χ1) is 10.2. The second-order valence-corrected chi connectivity index (χ2v) is 4.95. The summed E-state index contributed by atoms with van der Waals surface area (Å²) in [5, 5.41) is 10.7. The summed E-state index contributed by atoms with van der Waals surface area (Å²) in [5.41, 5.74) is 1.22. The molecule has 108 valence electrons. The van der Waals surface area contributed by atoms with Gasteiger partial charge in [-0.2, -0.15) is 0 Å². The van der Waals surface area contributed by atoms with Crippen LogP contribution in [0, 0.1) is 10.1 Å². The number of nitrogens with zero attached hydrogens (tertiary/aromatic N) is 2. The first-order valence-corrected chi connectivity index (χ1v) is 6.79. The molecule has 2 heterocycles. The van der Waals surface area contributed by atoms with Crippen molar-refractivity contribution < 1.29 is 14.1 Å². The van der Waals surface area contributed by atoms with E-state index in [2.05, 4.69) is 0 Å². The third-order valence-electron chi connectivity index (χ3n) is 3.62. The van der Waals surface area contributed by atoms with Crippen molar-refractivity contribution in [3.63, 3.8) is 0 Å². The third-order valence-corrected chi connectivity index (χ3v) is 3.62. The van der Waals surface area contributed by atoms with Gasteiger partial charge < -0.3 is 9.32 Å². The number of furan rings is 1. The van der Waals surface area contributed by atoms with Crippen molar-refractivity contribution >= 4 is 17.3 Å². The highest BCUT2D eigenvalue weighted by atomic mass is 16.6. The van der Waals surface area contributed by atoms with Crippen LogP contribution < -0.4 is 4.90 Å². The lowest BCUT2D eigenvalue weighted by molar-refractivity contribution is -0.384. The molecule has 0 N–H and O–H groups in total. The highest BCUT2D eigenvalue weighted by molar-refractivity contribution is 6.06. The van der Waals surface area contributed by atoms with Crippen molar-refractivity contribution in [2.24, 2.45) is 0 Å². The van der Waals surface area contributed by atoms with E-state index in [1.54, 1.807) is 17.2 Å². The number of fused-ring (bicyclic) bond motifs is 1. The van der Waals surface area contributed by atoms with E-state index in [4.69, 9.17) is 4.42 Å². The molecule has 6 nitrogen and oxygen atoms in total. The molecule has 0 bridgehead atoms. The zero-order chi connectivity index (χ0) is 14.8. The number of nitro benzene ring substituents is 1. The number of carbonyl (C=O) groups is 1. The van der Waals surface area contributed by atoms with Crippen molar-refractivity contribution in [2.45, 2.75) is 19.3 Å². The number of carbonyl (C=O) groups excluding carboxylic acids is 1. The minimum Gasteiger partial charge on any atom is -0.467 e. The van der Waals surface area contributed by atoms with Crippen molar-refractivity contribution in [1.82, 2.24) is 0 Å². The second kappa shape index (κ2) is 5.40. The highest BCUT2D eigenvalue weighted by Gasteiger charge is 2.24. The van der Waals surface area contributed by atoms with E-state index in [0.29, 0.717) is 12.1 Å². The fraction of sp³-hybridized carbons (Fsp3) is 0.267. The molecule has 0 spiro atoms. The maximum absolute atomic E-state index is 12.6. The van der Waals surface area contributed by atoms with Crippen LogP contribution in [0.5, 0.6) is 0 Å². The molecule has 21 heavy (non-hydrogen) atoms. The van der Waals surface area contributed by atoms with Crippen LogP contribution in [0.2, 0.25) is 0 Å². The van der Waals surface area contributed by atoms with Gasteiger partial charge in [-0.25, -0.2) is 0 Å². The van der Waals surface area contributed by atoms with Crippen molar-refractivity contribution in [2.75, 3.05) is 11.4 Å². The highest BCUT2D eigenvalue weighted by Crippen LogP contribution is 2.28. The maximum Gasteiger partial charge on any atom is 0.269 e. The van der Waals surface area contributed by atoms with Gasteiger partial charge >= 0.3 is 0 Å². The average Bonchev–Trinajstić information content (AvgIpc) is 2.86. The predicted octanol–water partition coefficient (Wildman–Crippen LogP) is 3.17. The summed E-state index contributed by atoms with van der Waals surface area (Å²) in [5.74, 6) is 0.664. The summed E-state index contributed by atoms with van der Waals surface area (Å²) < 4.78 is 5.42. The molecule has 0 fully saturated rings. The zero-order valence-corrected chi connectivity index (χ0v) is 11.3. The number of rotatable bonds is 2. The van der Waals surface area contributed by atoms with Gasteiger partial charge in [0.2, 0.25) is 0 Å². The smallest absolute Gasteiger partial charge is 0.269 e. The normalized spacial score (nSPS) is 14.4. The summed E-state index contributed by atoms with van der Waals surface area (Å²) in [6.45, 7) is 0.627. The van der Waals surface area contributed by atoms with Gasteiger partial charge in [0.15, 0.2) is 0 Å². The summed E-state index contributed by atoms with van der Waals surface area (Å²) in [6, 6.07) is 7.48. The van der Waals surface area contributed by atoms with Gasteiger partial charge in [-0.3, -0.25) is 14.9 Å². The van der Waals surface area contributed by atoms with E-state index in [0.717, 1.165) is 30.7 Å². The molecule has 1 aromatic heterocycles. The third kappa shape index (κ3) is 2.52. The first kappa shape index (κ1) is 13.4. The maximum atomic E-state index is 12.6. The number of benzene rings is 1. The number of non-ortho nitro benzene ring substituents is 1. The number of aryl methyl sites for hydroxylation is 1. The molecule has 0 atom stereocenters. The minimum absolute atomic E-state index is 0.0218. The van der Waals surface area contributed by atoms with Crippen molar-refractivity contribution in [3.8, 4) is 0 Å². The zero-order valence-electron chi connectivity index (χ0n) is 11.3. The predicted molar refractivity (Wildman–Crippen MR) is 76.4 cm³/mol. The molecule has 1 aromatic carbocycles. The van der Waals surface area contributed by atoms with E-state index in [1.165, 1.54) is 24.3 Å². The molecule has 0 aliphatic carbocycles. The van der Waals surface area contributed by atoms with E-state index in [-0.39, 0.29) is 11.6 Å². The first-order valence-electron chi connectivity index (χ1n) is 6.79. The summed E-state index contributed by atoms with van der Waals surface area (Å²) in [6.07, 6.45) is 4.30. The topological polar surface area (TPSA) is 76.6 Å². The van der Waals surface area contributed by atoms with Crippen LogP contribution in [0.25, 0.3) is 0 Å². The minimum atomic E-state index is -0.478. The monoisotopic (exact) mass is 286 g/mol. The Morgan fingerprint density at radius 1 is 1.19 bits per heavy atom. The van der Waals surface area contributed by atoms with Crippen molar-refractivity contribution in [3.05, 3.63) is 58.0 Å². The van der Waals surface area contributed by atoms with Gasteiger partial charge in [0, 0.05) is 36.7 Å². The SMILES string of the molecule is O=C(c1ccc([N+](=O)[O-])cc1)N1CCCCc2occc21. The van der Waals surface area contributed by atoms with Crippen LogP contribution in [0.4, 0.5) is 11.4 Å². The molecule has 3 rings (SSSR count). The van der Waals surface area contributed by atoms with Gasteiger partial charge in [-0.1, -0.05) is 0 Å². The lowest BCUT2D eigenvalue weighted by Gasteiger charge is -2.20. The standard InChI is InChI=1S/C15H14N2O4/c18-15(11-4-6-12(7-5-11)17(19)20)16-9-2-1-3-14-13(16)8-10-21-14/h4-8,10H,1-3,9H2. The summed E-state index contributed by atoms with van der Waals surface area (Å²) in [7, 11) is 0. The Hall–Kier alpha value is -2.63. The van der Waals surface area contributed by atoms with Crippen LogP contribution in [0.15, 0.2) is 41.0 Å². The molecule has 0 saturated carbocycles. The van der Waals surface area contributed by atoms with Crippen molar-refractivity contribution in [1.29, 1.82) is 0 Å². The summed E-state index contributed by atoms with van der Waals surface area (Å²) in [4.78, 5) is 24.5. The Bertz CT molecular complexity index is 675. The van der Waals surface area contributed by atoms with Crippen LogP contribution >= 0.6 is 0 Å². The van der Waals surface area contributed by atoms with Gasteiger partial charge in [0.05, 0.1) is 16.9 Å². The molecule has 0 unspecified atom stereocenters. The van der Waals surface area contributed by atoms with E-state index in [1.807, 2.05) is 0 Å². The van der Waals surface area contributed by atoms with Gasteiger partial charge in [-0.15, -0.1) is 0 Å². The fourth-order valence-electron chi connectivity index (χ4n) is 2.53. The van der Waals surface area contributed by atoms with E-state index < -0.39 is 4.92 Å². The Kier molecular flexibility index (Phi) is 3.43. The van der Waals surface area contributed by atoms with Gasteiger partial charge in [0.25, 0.3) is 11.6 Å². The largest absolute Gasteiger partial charge is 0.467 e. The number of hydrogen-bond acceptors (Lipinski definition) is 4. The Balaban J connectivity index is 1.90. The van der Waals surface area contributed by atoms with Gasteiger partial charge in [-0.05, 0) is 25.0 Å². The van der Waals surface area contributed by atoms with Crippen LogP contribution in [0.1, 0.15) is 29.0 Å². The fourth-order valence-corrected chi connectivity index (χ4v) is 2.53. The van der Waals surface area contributed by atoms with E-state index in [9.17, 15) is 14.9 Å². The Morgan fingerprint density at radius 2 is 1.95 bits per heavy atom. The van der Waals surface area contributed by atoms with Gasteiger partial charge in [0.1, 0.15) is 5.76 Å². The molecule has 1 aliphatic rings. The second-order valence-electron chi connectivity index (χ2n) is 4.95. The molecule has 0 radical (unpaired) electrons. The average molecular weight is 286 g/mol. The molecule has 1 amide bonds. The van der Waals surface area contributed by atoms with Crippen LogP contribution in [0.3, 0.4) is 0 Å². The van der Waals surface area contributed by atoms with Crippen LogP contribution in [-0.2, 0) is 6.42 Å². The quantitative estimate of drug-likeness (QED) is 0.627. The number of nitro groups is 1.